The van der Waals surface area contributed by atoms with Crippen LogP contribution in [0.1, 0.15) is 6.42 Å². The van der Waals surface area contributed by atoms with Gasteiger partial charge < -0.3 is 10.6 Å². The standard InChI is InChI=1S/C9H20N2S2/c1-12-5-2-9(10)8-11-3-6-13-7-4-11/h9H,2-8,10H2,1H3. The van der Waals surface area contributed by atoms with E-state index in [1.807, 2.05) is 11.8 Å². The molecule has 13 heavy (non-hydrogen) atoms. The predicted octanol–water partition coefficient (Wildman–Crippen LogP) is 1.12. The molecule has 0 bridgehead atoms. The number of hydrogen-bond donors (Lipinski definition) is 1. The van der Waals surface area contributed by atoms with Crippen molar-refractivity contribution in [2.24, 2.45) is 5.73 Å². The van der Waals surface area contributed by atoms with Crippen molar-refractivity contribution in [3.8, 4) is 0 Å². The molecule has 2 nitrogen and oxygen atoms in total. The summed E-state index contributed by atoms with van der Waals surface area (Å²) in [4.78, 5) is 2.50. The summed E-state index contributed by atoms with van der Waals surface area (Å²) in [6.45, 7) is 3.57. The highest BCUT2D eigenvalue weighted by Crippen LogP contribution is 2.10. The minimum absolute atomic E-state index is 0.385. The number of hydrogen-bond acceptors (Lipinski definition) is 4. The molecule has 0 aliphatic carbocycles. The largest absolute Gasteiger partial charge is 0.327 e. The molecule has 1 rings (SSSR count). The maximum Gasteiger partial charge on any atom is 0.0175 e. The van der Waals surface area contributed by atoms with E-state index >= 15 is 0 Å². The summed E-state index contributed by atoms with van der Waals surface area (Å²) in [5.41, 5.74) is 6.03. The van der Waals surface area contributed by atoms with E-state index in [4.69, 9.17) is 5.73 Å². The molecular formula is C9H20N2S2. The van der Waals surface area contributed by atoms with Crippen LogP contribution in [0.2, 0.25) is 0 Å². The lowest BCUT2D eigenvalue weighted by Crippen LogP contribution is -2.42. The van der Waals surface area contributed by atoms with Crippen LogP contribution in [0.5, 0.6) is 0 Å². The van der Waals surface area contributed by atoms with Crippen molar-refractivity contribution in [3.63, 3.8) is 0 Å². The molecule has 0 radical (unpaired) electrons. The highest BCUT2D eigenvalue weighted by Gasteiger charge is 2.13. The molecule has 0 aromatic rings. The minimum Gasteiger partial charge on any atom is -0.327 e. The first kappa shape index (κ1) is 11.7. The van der Waals surface area contributed by atoms with Crippen molar-refractivity contribution in [2.45, 2.75) is 12.5 Å². The smallest absolute Gasteiger partial charge is 0.0175 e. The van der Waals surface area contributed by atoms with E-state index in [-0.39, 0.29) is 0 Å². The van der Waals surface area contributed by atoms with Crippen LogP contribution in [0.25, 0.3) is 0 Å². The molecule has 1 aliphatic rings. The van der Waals surface area contributed by atoms with Gasteiger partial charge in [0.2, 0.25) is 0 Å². The Bertz CT molecular complexity index is 127. The maximum atomic E-state index is 6.03. The van der Waals surface area contributed by atoms with Gasteiger partial charge in [-0.15, -0.1) is 0 Å². The molecule has 0 aromatic heterocycles. The molecule has 1 unspecified atom stereocenters. The van der Waals surface area contributed by atoms with Crippen LogP contribution < -0.4 is 5.73 Å². The van der Waals surface area contributed by atoms with Gasteiger partial charge in [-0.1, -0.05) is 0 Å². The summed E-state index contributed by atoms with van der Waals surface area (Å²) in [7, 11) is 0. The van der Waals surface area contributed by atoms with Gasteiger partial charge in [-0.2, -0.15) is 23.5 Å². The molecule has 0 aromatic carbocycles. The topological polar surface area (TPSA) is 29.3 Å². The van der Waals surface area contributed by atoms with E-state index < -0.39 is 0 Å². The zero-order chi connectivity index (χ0) is 9.52. The van der Waals surface area contributed by atoms with Gasteiger partial charge in [-0.25, -0.2) is 0 Å². The van der Waals surface area contributed by atoms with E-state index in [9.17, 15) is 0 Å². The first-order valence-corrected chi connectivity index (χ1v) is 7.42. The molecule has 1 atom stereocenters. The first-order valence-electron chi connectivity index (χ1n) is 4.87. The Hall–Kier alpha value is 0.620. The molecule has 1 heterocycles. The summed E-state index contributed by atoms with van der Waals surface area (Å²) in [5, 5.41) is 0. The number of nitrogens with two attached hydrogens (primary N) is 1. The fourth-order valence-corrected chi connectivity index (χ4v) is 2.99. The third kappa shape index (κ3) is 5.15. The van der Waals surface area contributed by atoms with Crippen LogP contribution in [0.4, 0.5) is 0 Å². The second kappa shape index (κ2) is 6.98. The molecule has 4 heteroatoms. The van der Waals surface area contributed by atoms with Gasteiger partial charge in [-0.3, -0.25) is 0 Å². The number of rotatable bonds is 5. The summed E-state index contributed by atoms with van der Waals surface area (Å²) in [5.74, 6) is 3.77. The van der Waals surface area contributed by atoms with E-state index in [0.29, 0.717) is 6.04 Å². The zero-order valence-corrected chi connectivity index (χ0v) is 10.0. The Balaban J connectivity index is 2.07. The lowest BCUT2D eigenvalue weighted by atomic mass is 10.2. The summed E-state index contributed by atoms with van der Waals surface area (Å²) >= 11 is 3.95. The average Bonchev–Trinajstić information content (AvgIpc) is 2.16. The number of nitrogens with zero attached hydrogens (tertiary/aromatic N) is 1. The monoisotopic (exact) mass is 220 g/mol. The molecule has 0 spiro atoms. The number of thioether (sulfide) groups is 2. The van der Waals surface area contributed by atoms with Crippen LogP contribution in [0.15, 0.2) is 0 Å². The second-order valence-electron chi connectivity index (χ2n) is 3.45. The van der Waals surface area contributed by atoms with Gasteiger partial charge in [0, 0.05) is 37.2 Å². The molecular weight excluding hydrogens is 200 g/mol. The highest BCUT2D eigenvalue weighted by atomic mass is 32.2. The Morgan fingerprint density at radius 1 is 1.46 bits per heavy atom. The highest BCUT2D eigenvalue weighted by molar-refractivity contribution is 7.99. The summed E-state index contributed by atoms with van der Waals surface area (Å²) < 4.78 is 0. The van der Waals surface area contributed by atoms with E-state index in [2.05, 4.69) is 22.9 Å². The molecule has 0 saturated carbocycles. The summed E-state index contributed by atoms with van der Waals surface area (Å²) in [6, 6.07) is 0.385. The van der Waals surface area contributed by atoms with Crippen LogP contribution in [-0.4, -0.2) is 54.1 Å². The zero-order valence-electron chi connectivity index (χ0n) is 8.37. The van der Waals surface area contributed by atoms with Crippen molar-refractivity contribution in [1.29, 1.82) is 0 Å². The van der Waals surface area contributed by atoms with E-state index in [1.54, 1.807) is 0 Å². The Morgan fingerprint density at radius 2 is 2.15 bits per heavy atom. The Morgan fingerprint density at radius 3 is 2.77 bits per heavy atom. The van der Waals surface area contributed by atoms with Gasteiger partial charge in [0.15, 0.2) is 0 Å². The predicted molar refractivity (Wildman–Crippen MR) is 64.7 cm³/mol. The Labute approximate surface area is 90.0 Å². The van der Waals surface area contributed by atoms with Gasteiger partial charge in [-0.05, 0) is 18.4 Å². The normalized spacial score (nSPS) is 21.7. The summed E-state index contributed by atoms with van der Waals surface area (Å²) in [6.07, 6.45) is 3.30. The average molecular weight is 220 g/mol. The third-order valence-corrected chi connectivity index (χ3v) is 3.88. The Kier molecular flexibility index (Phi) is 6.28. The van der Waals surface area contributed by atoms with Crippen LogP contribution in [-0.2, 0) is 0 Å². The van der Waals surface area contributed by atoms with Crippen molar-refractivity contribution in [2.75, 3.05) is 43.1 Å². The lowest BCUT2D eigenvalue weighted by Gasteiger charge is -2.28. The van der Waals surface area contributed by atoms with Gasteiger partial charge in [0.05, 0.1) is 0 Å². The van der Waals surface area contributed by atoms with Crippen molar-refractivity contribution in [3.05, 3.63) is 0 Å². The molecule has 1 aliphatic heterocycles. The van der Waals surface area contributed by atoms with Gasteiger partial charge in [0.1, 0.15) is 0 Å². The van der Waals surface area contributed by atoms with Gasteiger partial charge in [0.25, 0.3) is 0 Å². The van der Waals surface area contributed by atoms with Crippen LogP contribution in [0, 0.1) is 0 Å². The maximum absolute atomic E-state index is 6.03. The van der Waals surface area contributed by atoms with E-state index in [1.165, 1.54) is 30.3 Å². The second-order valence-corrected chi connectivity index (χ2v) is 5.66. The first-order chi connectivity index (χ1) is 6.33. The van der Waals surface area contributed by atoms with Gasteiger partial charge >= 0.3 is 0 Å². The quantitative estimate of drug-likeness (QED) is 0.752. The van der Waals surface area contributed by atoms with Crippen molar-refractivity contribution < 1.29 is 0 Å². The molecule has 1 saturated heterocycles. The van der Waals surface area contributed by atoms with Crippen molar-refractivity contribution in [1.82, 2.24) is 4.90 Å². The van der Waals surface area contributed by atoms with E-state index in [0.717, 1.165) is 13.0 Å². The third-order valence-electron chi connectivity index (χ3n) is 2.29. The van der Waals surface area contributed by atoms with Crippen molar-refractivity contribution >= 4 is 23.5 Å². The molecule has 0 amide bonds. The fourth-order valence-electron chi connectivity index (χ4n) is 1.48. The molecule has 78 valence electrons. The van der Waals surface area contributed by atoms with Crippen LogP contribution >= 0.6 is 23.5 Å². The molecule has 2 N–H and O–H groups in total. The lowest BCUT2D eigenvalue weighted by molar-refractivity contribution is 0.280. The minimum atomic E-state index is 0.385. The SMILES string of the molecule is CSCCC(N)CN1CCSCC1. The fraction of sp³-hybridized carbons (Fsp3) is 1.00. The van der Waals surface area contributed by atoms with Crippen LogP contribution in [0.3, 0.4) is 0 Å². The molecule has 1 fully saturated rings.